The van der Waals surface area contributed by atoms with Gasteiger partial charge >= 0.3 is 0 Å². The molecule has 0 unspecified atom stereocenters. The van der Waals surface area contributed by atoms with Crippen molar-refractivity contribution >= 4 is 28.8 Å². The predicted molar refractivity (Wildman–Crippen MR) is 89.7 cm³/mol. The van der Waals surface area contributed by atoms with E-state index in [0.29, 0.717) is 47.9 Å². The minimum absolute atomic E-state index is 0.000210. The lowest BCUT2D eigenvalue weighted by atomic mass is 10.1. The molecular formula is C17H16ClNO3S. The summed E-state index contributed by atoms with van der Waals surface area (Å²) in [5.74, 6) is 1.09. The van der Waals surface area contributed by atoms with Gasteiger partial charge in [-0.15, -0.1) is 11.3 Å². The zero-order valence-electron chi connectivity index (χ0n) is 12.5. The molecule has 1 aliphatic heterocycles. The Kier molecular flexibility index (Phi) is 3.91. The zero-order valence-corrected chi connectivity index (χ0v) is 14.0. The van der Waals surface area contributed by atoms with Crippen LogP contribution in [0.2, 0.25) is 5.02 Å². The van der Waals surface area contributed by atoms with Gasteiger partial charge in [0.05, 0.1) is 11.6 Å². The average molecular weight is 350 g/mol. The highest BCUT2D eigenvalue weighted by Crippen LogP contribution is 2.39. The molecule has 2 heterocycles. The van der Waals surface area contributed by atoms with Crippen molar-refractivity contribution in [2.45, 2.75) is 25.4 Å². The number of thiophene rings is 1. The summed E-state index contributed by atoms with van der Waals surface area (Å²) in [6.07, 6.45) is 2.13. The molecule has 6 heteroatoms. The number of benzene rings is 1. The third-order valence-corrected chi connectivity index (χ3v) is 5.14. The number of halogens is 1. The Hall–Kier alpha value is -1.72. The smallest absolute Gasteiger partial charge is 0.254 e. The van der Waals surface area contributed by atoms with Crippen LogP contribution in [-0.4, -0.2) is 30.1 Å². The lowest BCUT2D eigenvalue weighted by Crippen LogP contribution is -2.32. The summed E-state index contributed by atoms with van der Waals surface area (Å²) in [5.41, 5.74) is 0.558. The Balaban J connectivity index is 1.62. The van der Waals surface area contributed by atoms with Crippen molar-refractivity contribution in [2.24, 2.45) is 0 Å². The normalized spacial score (nSPS) is 16.2. The second-order valence-corrected chi connectivity index (χ2v) is 7.17. The maximum Gasteiger partial charge on any atom is 0.254 e. The molecule has 0 radical (unpaired) electrons. The van der Waals surface area contributed by atoms with Crippen molar-refractivity contribution in [1.82, 2.24) is 4.90 Å². The van der Waals surface area contributed by atoms with E-state index in [4.69, 9.17) is 21.1 Å². The van der Waals surface area contributed by atoms with Crippen LogP contribution in [0.25, 0.3) is 0 Å². The summed E-state index contributed by atoms with van der Waals surface area (Å²) in [6.45, 7) is 1.60. The van der Waals surface area contributed by atoms with E-state index in [2.05, 4.69) is 6.07 Å². The Labute approximate surface area is 143 Å². The Morgan fingerprint density at radius 2 is 2.13 bits per heavy atom. The van der Waals surface area contributed by atoms with E-state index in [1.54, 1.807) is 23.5 Å². The first-order valence-corrected chi connectivity index (χ1v) is 8.90. The number of rotatable bonds is 4. The van der Waals surface area contributed by atoms with E-state index in [0.717, 1.165) is 12.8 Å². The number of carbonyl (C=O) groups excluding carboxylic acids is 1. The third kappa shape index (κ3) is 3.03. The number of nitrogens with zero attached hydrogens (tertiary/aromatic N) is 1. The van der Waals surface area contributed by atoms with Crippen LogP contribution in [0.5, 0.6) is 11.5 Å². The SMILES string of the molecule is O=C(c1cc(Cl)c2c(c1)OCCO2)N(Cc1cccs1)C1CC1. The summed E-state index contributed by atoms with van der Waals surface area (Å²) in [7, 11) is 0. The van der Waals surface area contributed by atoms with E-state index >= 15 is 0 Å². The van der Waals surface area contributed by atoms with Crippen molar-refractivity contribution in [3.63, 3.8) is 0 Å². The zero-order chi connectivity index (χ0) is 15.8. The first kappa shape index (κ1) is 14.8. The molecule has 23 heavy (non-hydrogen) atoms. The maximum atomic E-state index is 13.0. The summed E-state index contributed by atoms with van der Waals surface area (Å²) >= 11 is 7.93. The van der Waals surface area contributed by atoms with Crippen molar-refractivity contribution in [3.05, 3.63) is 45.1 Å². The van der Waals surface area contributed by atoms with Gasteiger partial charge in [0.15, 0.2) is 11.5 Å². The molecule has 0 bridgehead atoms. The van der Waals surface area contributed by atoms with Gasteiger partial charge in [0.1, 0.15) is 13.2 Å². The van der Waals surface area contributed by atoms with Crippen LogP contribution in [0.3, 0.4) is 0 Å². The maximum absolute atomic E-state index is 13.0. The molecule has 0 atom stereocenters. The molecule has 0 saturated heterocycles. The molecule has 1 aromatic heterocycles. The van der Waals surface area contributed by atoms with E-state index in [-0.39, 0.29) is 5.91 Å². The third-order valence-electron chi connectivity index (χ3n) is 4.00. The van der Waals surface area contributed by atoms with E-state index < -0.39 is 0 Å². The number of carbonyl (C=O) groups is 1. The number of fused-ring (bicyclic) bond motifs is 1. The molecule has 1 amide bonds. The molecule has 4 nitrogen and oxygen atoms in total. The molecular weight excluding hydrogens is 334 g/mol. The van der Waals surface area contributed by atoms with Gasteiger partial charge in [0, 0.05) is 16.5 Å². The molecule has 120 valence electrons. The highest BCUT2D eigenvalue weighted by Gasteiger charge is 2.34. The Morgan fingerprint density at radius 1 is 1.30 bits per heavy atom. The lowest BCUT2D eigenvalue weighted by Gasteiger charge is -2.24. The van der Waals surface area contributed by atoms with Gasteiger partial charge in [-0.2, -0.15) is 0 Å². The Bertz CT molecular complexity index is 728. The fourth-order valence-electron chi connectivity index (χ4n) is 2.72. The molecule has 2 aromatic rings. The van der Waals surface area contributed by atoms with Crippen LogP contribution in [0.15, 0.2) is 29.6 Å². The Morgan fingerprint density at radius 3 is 2.87 bits per heavy atom. The average Bonchev–Trinajstić information content (AvgIpc) is 3.28. The molecule has 0 N–H and O–H groups in total. The molecule has 4 rings (SSSR count). The van der Waals surface area contributed by atoms with E-state index in [1.807, 2.05) is 16.3 Å². The summed E-state index contributed by atoms with van der Waals surface area (Å²) in [5, 5.41) is 2.46. The highest BCUT2D eigenvalue weighted by atomic mass is 35.5. The topological polar surface area (TPSA) is 38.8 Å². The fraction of sp³-hybridized carbons (Fsp3) is 0.353. The van der Waals surface area contributed by atoms with E-state index in [9.17, 15) is 4.79 Å². The second-order valence-electron chi connectivity index (χ2n) is 5.73. The van der Waals surface area contributed by atoms with E-state index in [1.165, 1.54) is 4.88 Å². The highest BCUT2D eigenvalue weighted by molar-refractivity contribution is 7.09. The first-order valence-electron chi connectivity index (χ1n) is 7.65. The predicted octanol–water partition coefficient (Wildman–Crippen LogP) is 3.98. The monoisotopic (exact) mass is 349 g/mol. The molecule has 1 aromatic carbocycles. The summed E-state index contributed by atoms with van der Waals surface area (Å²) < 4.78 is 11.1. The van der Waals surface area contributed by atoms with Crippen molar-refractivity contribution in [2.75, 3.05) is 13.2 Å². The van der Waals surface area contributed by atoms with Crippen molar-refractivity contribution in [1.29, 1.82) is 0 Å². The van der Waals surface area contributed by atoms with Crippen molar-refractivity contribution < 1.29 is 14.3 Å². The van der Waals surface area contributed by atoms with Crippen LogP contribution < -0.4 is 9.47 Å². The van der Waals surface area contributed by atoms with Crippen molar-refractivity contribution in [3.8, 4) is 11.5 Å². The molecule has 1 saturated carbocycles. The molecule has 1 aliphatic carbocycles. The quantitative estimate of drug-likeness (QED) is 0.838. The van der Waals surface area contributed by atoms with Gasteiger partial charge < -0.3 is 14.4 Å². The number of ether oxygens (including phenoxy) is 2. The molecule has 0 spiro atoms. The van der Waals surface area contributed by atoms with Gasteiger partial charge in [-0.1, -0.05) is 17.7 Å². The van der Waals surface area contributed by atoms with Gasteiger partial charge in [-0.25, -0.2) is 0 Å². The standard InChI is InChI=1S/C17H16ClNO3S/c18-14-8-11(9-15-16(14)22-6-5-21-15)17(20)19(12-3-4-12)10-13-2-1-7-23-13/h1-2,7-9,12H,3-6,10H2. The number of amides is 1. The molecule has 1 fully saturated rings. The minimum atomic E-state index is -0.000210. The van der Waals surface area contributed by atoms with Gasteiger partial charge in [-0.05, 0) is 36.4 Å². The fourth-order valence-corrected chi connectivity index (χ4v) is 3.69. The largest absolute Gasteiger partial charge is 0.486 e. The van der Waals surface area contributed by atoms with Gasteiger partial charge in [0.2, 0.25) is 0 Å². The van der Waals surface area contributed by atoms with Crippen LogP contribution in [-0.2, 0) is 6.54 Å². The van der Waals surface area contributed by atoms with Crippen LogP contribution >= 0.6 is 22.9 Å². The first-order chi connectivity index (χ1) is 11.2. The number of hydrogen-bond acceptors (Lipinski definition) is 4. The summed E-state index contributed by atoms with van der Waals surface area (Å²) in [6, 6.07) is 7.82. The number of hydrogen-bond donors (Lipinski definition) is 0. The summed E-state index contributed by atoms with van der Waals surface area (Å²) in [4.78, 5) is 16.1. The van der Waals surface area contributed by atoms with Crippen LogP contribution in [0, 0.1) is 0 Å². The second kappa shape index (κ2) is 6.06. The molecule has 2 aliphatic rings. The van der Waals surface area contributed by atoms with Crippen LogP contribution in [0.4, 0.5) is 0 Å². The van der Waals surface area contributed by atoms with Gasteiger partial charge in [-0.3, -0.25) is 4.79 Å². The lowest BCUT2D eigenvalue weighted by molar-refractivity contribution is 0.0730. The van der Waals surface area contributed by atoms with Crippen LogP contribution in [0.1, 0.15) is 28.1 Å². The van der Waals surface area contributed by atoms with Gasteiger partial charge in [0.25, 0.3) is 5.91 Å². The minimum Gasteiger partial charge on any atom is -0.486 e.